The van der Waals surface area contributed by atoms with Crippen molar-refractivity contribution in [3.63, 3.8) is 0 Å². The van der Waals surface area contributed by atoms with Crippen LogP contribution in [0.3, 0.4) is 0 Å². The Hall–Kier alpha value is -3.94. The second kappa shape index (κ2) is 11.6. The normalized spacial score (nSPS) is 11.5. The molecule has 0 unspecified atom stereocenters. The van der Waals surface area contributed by atoms with Gasteiger partial charge in [0.1, 0.15) is 5.69 Å². The summed E-state index contributed by atoms with van der Waals surface area (Å²) in [5, 5.41) is 11.1. The fourth-order valence-electron chi connectivity index (χ4n) is 3.21. The maximum Gasteiger partial charge on any atom is 0.273 e. The van der Waals surface area contributed by atoms with Gasteiger partial charge in [0.05, 0.1) is 19.8 Å². The zero-order chi connectivity index (χ0) is 23.6. The van der Waals surface area contributed by atoms with E-state index in [1.54, 1.807) is 31.4 Å². The first-order chi connectivity index (χ1) is 16.0. The fourth-order valence-corrected chi connectivity index (χ4v) is 3.21. The van der Waals surface area contributed by atoms with Crippen LogP contribution in [-0.4, -0.2) is 34.8 Å². The van der Waals surface area contributed by atoms with E-state index in [2.05, 4.69) is 27.1 Å². The molecule has 0 aliphatic rings. The molecule has 3 aromatic rings. The van der Waals surface area contributed by atoms with Crippen molar-refractivity contribution in [2.75, 3.05) is 13.7 Å². The zero-order valence-corrected chi connectivity index (χ0v) is 18.8. The van der Waals surface area contributed by atoms with Gasteiger partial charge in [0.2, 0.25) is 5.91 Å². The summed E-state index contributed by atoms with van der Waals surface area (Å²) in [6.07, 6.45) is 2.82. The Morgan fingerprint density at radius 3 is 2.67 bits per heavy atom. The van der Waals surface area contributed by atoms with Gasteiger partial charge in [0.15, 0.2) is 17.3 Å². The molecule has 0 aliphatic carbocycles. The Morgan fingerprint density at radius 2 is 1.97 bits per heavy atom. The summed E-state index contributed by atoms with van der Waals surface area (Å²) in [7, 11) is 1.54. The molecule has 0 fully saturated rings. The van der Waals surface area contributed by atoms with Gasteiger partial charge in [-0.2, -0.15) is 0 Å². The first-order valence-corrected chi connectivity index (χ1v) is 10.7. The smallest absolute Gasteiger partial charge is 0.273 e. The highest BCUT2D eigenvalue weighted by molar-refractivity contribution is 5.76. The van der Waals surface area contributed by atoms with Crippen LogP contribution in [0.4, 0.5) is 0 Å². The zero-order valence-electron chi connectivity index (χ0n) is 18.8. The molecule has 2 aromatic carbocycles. The number of benzene rings is 2. The fraction of sp³-hybridized carbons (Fsp3) is 0.280. The van der Waals surface area contributed by atoms with Crippen LogP contribution in [-0.2, 0) is 11.2 Å². The number of ether oxygens (including phenoxy) is 2. The predicted molar refractivity (Wildman–Crippen MR) is 126 cm³/mol. The topological polar surface area (TPSA) is 106 Å². The van der Waals surface area contributed by atoms with E-state index in [4.69, 9.17) is 9.47 Å². The monoisotopic (exact) mass is 448 g/mol. The molecule has 0 radical (unpaired) electrons. The number of hydrogen-bond acceptors (Lipinski definition) is 6. The quantitative estimate of drug-likeness (QED) is 0.343. The van der Waals surface area contributed by atoms with Crippen molar-refractivity contribution in [3.05, 3.63) is 82.8 Å². The lowest BCUT2D eigenvalue weighted by Gasteiger charge is -2.14. The number of methoxy groups -OCH3 is 1. The predicted octanol–water partition coefficient (Wildman–Crippen LogP) is 3.61. The van der Waals surface area contributed by atoms with E-state index in [-0.39, 0.29) is 36.0 Å². The third kappa shape index (κ3) is 6.52. The van der Waals surface area contributed by atoms with Crippen LogP contribution in [0.2, 0.25) is 0 Å². The minimum atomic E-state index is -0.380. The Morgan fingerprint density at radius 1 is 1.18 bits per heavy atom. The van der Waals surface area contributed by atoms with E-state index in [0.29, 0.717) is 35.9 Å². The molecule has 1 atom stereocenters. The van der Waals surface area contributed by atoms with Crippen LogP contribution >= 0.6 is 0 Å². The van der Waals surface area contributed by atoms with Crippen molar-refractivity contribution >= 4 is 5.91 Å². The third-order valence-corrected chi connectivity index (χ3v) is 5.05. The Kier molecular flexibility index (Phi) is 8.35. The molecular weight excluding hydrogens is 420 g/mol. The Balaban J connectivity index is 1.63. The Labute approximate surface area is 192 Å². The van der Waals surface area contributed by atoms with E-state index in [0.717, 1.165) is 5.56 Å². The maximum atomic E-state index is 12.5. The van der Waals surface area contributed by atoms with E-state index in [9.17, 15) is 9.59 Å². The Bertz CT molecular complexity index is 1140. The standard InChI is InChI=1S/C25H28N4O4/c1-4-5-15-33-21-13-11-19(16-22(21)32-3)24-27-25(31)20(28-29-24)12-14-23(30)26-17(2)18-9-7-6-8-10-18/h4,6-11,13,16-17H,1,5,12,14-15H2,2-3H3,(H,26,30)(H,27,29,31)/t17-/m1/s1. The number of carbonyl (C=O) groups is 1. The lowest BCUT2D eigenvalue weighted by atomic mass is 10.1. The van der Waals surface area contributed by atoms with Crippen LogP contribution in [0.25, 0.3) is 11.4 Å². The van der Waals surface area contributed by atoms with Crippen LogP contribution < -0.4 is 20.3 Å². The van der Waals surface area contributed by atoms with Crippen LogP contribution in [0.5, 0.6) is 11.5 Å². The number of rotatable bonds is 11. The summed E-state index contributed by atoms with van der Waals surface area (Å²) in [6, 6.07) is 14.8. The highest BCUT2D eigenvalue weighted by atomic mass is 16.5. The minimum Gasteiger partial charge on any atom is -0.493 e. The molecule has 0 spiro atoms. The summed E-state index contributed by atoms with van der Waals surface area (Å²) in [6.45, 7) is 6.07. The number of amides is 1. The molecule has 1 aromatic heterocycles. The van der Waals surface area contributed by atoms with Crippen molar-refractivity contribution in [1.29, 1.82) is 0 Å². The van der Waals surface area contributed by atoms with E-state index in [1.807, 2.05) is 37.3 Å². The van der Waals surface area contributed by atoms with Gasteiger partial charge in [0.25, 0.3) is 5.56 Å². The summed E-state index contributed by atoms with van der Waals surface area (Å²) in [5.74, 6) is 1.26. The van der Waals surface area contributed by atoms with E-state index >= 15 is 0 Å². The molecule has 1 amide bonds. The number of carbonyl (C=O) groups excluding carboxylic acids is 1. The maximum absolute atomic E-state index is 12.5. The largest absolute Gasteiger partial charge is 0.493 e. The van der Waals surface area contributed by atoms with Gasteiger partial charge >= 0.3 is 0 Å². The lowest BCUT2D eigenvalue weighted by Crippen LogP contribution is -2.28. The second-order valence-corrected chi connectivity index (χ2v) is 7.44. The molecule has 33 heavy (non-hydrogen) atoms. The average molecular weight is 449 g/mol. The molecule has 0 saturated carbocycles. The second-order valence-electron chi connectivity index (χ2n) is 7.44. The van der Waals surface area contributed by atoms with Gasteiger partial charge in [-0.1, -0.05) is 36.4 Å². The van der Waals surface area contributed by atoms with Crippen molar-refractivity contribution in [1.82, 2.24) is 20.5 Å². The third-order valence-electron chi connectivity index (χ3n) is 5.05. The molecule has 2 N–H and O–H groups in total. The van der Waals surface area contributed by atoms with Gasteiger partial charge < -0.3 is 19.8 Å². The SMILES string of the molecule is C=CCCOc1ccc(-c2nnc(CCC(=O)N[C@H](C)c3ccccc3)c(=O)[nH]2)cc1OC. The highest BCUT2D eigenvalue weighted by Crippen LogP contribution is 2.31. The number of nitrogens with one attached hydrogen (secondary N) is 2. The first kappa shape index (κ1) is 23.7. The van der Waals surface area contributed by atoms with Crippen molar-refractivity contribution in [2.24, 2.45) is 0 Å². The number of aromatic amines is 1. The summed E-state index contributed by atoms with van der Waals surface area (Å²) in [5.41, 5.74) is 1.47. The first-order valence-electron chi connectivity index (χ1n) is 10.7. The van der Waals surface area contributed by atoms with Crippen LogP contribution in [0.1, 0.15) is 37.1 Å². The molecule has 0 aliphatic heterocycles. The molecule has 0 bridgehead atoms. The number of aromatic nitrogens is 3. The van der Waals surface area contributed by atoms with Gasteiger partial charge in [-0.3, -0.25) is 9.59 Å². The lowest BCUT2D eigenvalue weighted by molar-refractivity contribution is -0.121. The summed E-state index contributed by atoms with van der Waals surface area (Å²) in [4.78, 5) is 27.5. The van der Waals surface area contributed by atoms with E-state index < -0.39 is 0 Å². The molecule has 8 nitrogen and oxygen atoms in total. The summed E-state index contributed by atoms with van der Waals surface area (Å²) < 4.78 is 11.1. The molecule has 1 heterocycles. The van der Waals surface area contributed by atoms with Crippen molar-refractivity contribution in [2.45, 2.75) is 32.2 Å². The highest BCUT2D eigenvalue weighted by Gasteiger charge is 2.13. The minimum absolute atomic E-state index is 0.121. The van der Waals surface area contributed by atoms with Gasteiger partial charge in [-0.15, -0.1) is 16.8 Å². The number of nitrogens with zero attached hydrogens (tertiary/aromatic N) is 2. The average Bonchev–Trinajstić information content (AvgIpc) is 2.84. The molecule has 3 rings (SSSR count). The number of aryl methyl sites for hydroxylation is 1. The van der Waals surface area contributed by atoms with E-state index in [1.165, 1.54) is 0 Å². The van der Waals surface area contributed by atoms with Crippen molar-refractivity contribution in [3.8, 4) is 22.9 Å². The molecule has 0 saturated heterocycles. The number of hydrogen-bond donors (Lipinski definition) is 2. The van der Waals surface area contributed by atoms with Crippen molar-refractivity contribution < 1.29 is 14.3 Å². The van der Waals surface area contributed by atoms with Crippen LogP contribution in [0.15, 0.2) is 66.0 Å². The van der Waals surface area contributed by atoms with Gasteiger partial charge in [-0.25, -0.2) is 0 Å². The molecule has 8 heteroatoms. The summed E-state index contributed by atoms with van der Waals surface area (Å²) >= 11 is 0. The number of H-pyrrole nitrogens is 1. The molecular formula is C25H28N4O4. The molecule has 172 valence electrons. The van der Waals surface area contributed by atoms with Crippen LogP contribution in [0, 0.1) is 0 Å². The van der Waals surface area contributed by atoms with Gasteiger partial charge in [0, 0.05) is 18.4 Å². The van der Waals surface area contributed by atoms with Gasteiger partial charge in [-0.05, 0) is 37.1 Å².